The molecule has 7 heteroatoms. The van der Waals surface area contributed by atoms with E-state index in [1.54, 1.807) is 31.2 Å². The van der Waals surface area contributed by atoms with Crippen molar-refractivity contribution in [2.24, 2.45) is 11.8 Å². The number of carbonyl (C=O) groups is 2. The van der Waals surface area contributed by atoms with Gasteiger partial charge in [0.05, 0.1) is 0 Å². The van der Waals surface area contributed by atoms with E-state index in [9.17, 15) is 19.8 Å². The lowest BCUT2D eigenvalue weighted by Gasteiger charge is -2.53. The number of benzene rings is 1. The molecular formula is C28H45ClO4S2. The van der Waals surface area contributed by atoms with E-state index >= 15 is 0 Å². The van der Waals surface area contributed by atoms with Crippen molar-refractivity contribution >= 4 is 48.8 Å². The quantitative estimate of drug-likeness (QED) is 0.149. The molecule has 0 amide bonds. The maximum Gasteiger partial charge on any atom is 0.320 e. The number of carboxylic acid groups (broad SMARTS) is 2. The fourth-order valence-electron chi connectivity index (χ4n) is 5.34. The summed E-state index contributed by atoms with van der Waals surface area (Å²) >= 11 is 16.0. The van der Waals surface area contributed by atoms with Gasteiger partial charge in [-0.05, 0) is 42.4 Å². The number of hydrogen-bond acceptors (Lipinski definition) is 4. The molecule has 0 saturated heterocycles. The van der Waals surface area contributed by atoms with Gasteiger partial charge in [-0.2, -0.15) is 25.3 Å². The standard InChI is InChI=1S/C28H45ClO4S2/c1-6-10-12-20(8-3)18-27(34,24(30)31)26(5,22-14-16-23(29)17-15-22)28(35,25(32)33)19-21(9-4)13-11-7-2/h14-17,20-21,34-35H,6-13,18-19H2,1-5H3,(H,30,31)(H,32,33). The van der Waals surface area contributed by atoms with Crippen LogP contribution in [0.5, 0.6) is 0 Å². The third-order valence-corrected chi connectivity index (χ3v) is 9.93. The molecular weight excluding hydrogens is 500 g/mol. The van der Waals surface area contributed by atoms with Crippen LogP contribution in [0.3, 0.4) is 0 Å². The van der Waals surface area contributed by atoms with Crippen molar-refractivity contribution in [3.05, 3.63) is 34.9 Å². The third kappa shape index (κ3) is 7.13. The molecule has 4 atom stereocenters. The van der Waals surface area contributed by atoms with Gasteiger partial charge in [0.15, 0.2) is 0 Å². The second-order valence-corrected chi connectivity index (χ2v) is 12.2. The van der Waals surface area contributed by atoms with Crippen LogP contribution in [-0.2, 0) is 15.0 Å². The van der Waals surface area contributed by atoms with Gasteiger partial charge in [0.1, 0.15) is 9.49 Å². The zero-order chi connectivity index (χ0) is 26.9. The van der Waals surface area contributed by atoms with Crippen LogP contribution >= 0.6 is 36.9 Å². The van der Waals surface area contributed by atoms with Gasteiger partial charge in [0.2, 0.25) is 0 Å². The van der Waals surface area contributed by atoms with E-state index in [0.29, 0.717) is 10.6 Å². The predicted octanol–water partition coefficient (Wildman–Crippen LogP) is 8.32. The van der Waals surface area contributed by atoms with E-state index in [-0.39, 0.29) is 24.7 Å². The van der Waals surface area contributed by atoms with Crippen molar-refractivity contribution in [2.45, 2.75) is 114 Å². The van der Waals surface area contributed by atoms with E-state index in [2.05, 4.69) is 27.7 Å². The van der Waals surface area contributed by atoms with E-state index in [1.807, 2.05) is 0 Å². The van der Waals surface area contributed by atoms with Crippen molar-refractivity contribution in [3.63, 3.8) is 0 Å². The molecule has 200 valence electrons. The number of hydrogen-bond donors (Lipinski definition) is 4. The first kappa shape index (κ1) is 32.2. The van der Waals surface area contributed by atoms with E-state index in [4.69, 9.17) is 36.9 Å². The molecule has 0 spiro atoms. The van der Waals surface area contributed by atoms with Crippen LogP contribution < -0.4 is 0 Å². The third-order valence-electron chi connectivity index (χ3n) is 8.04. The SMILES string of the molecule is CCCCC(CC)CC(S)(C(=O)O)C(C)(c1ccc(Cl)cc1)C(S)(CC(CC)CCCC)C(=O)O. The summed E-state index contributed by atoms with van der Waals surface area (Å²) in [6.45, 7) is 10.1. The Bertz CT molecular complexity index is 774. The van der Waals surface area contributed by atoms with Crippen molar-refractivity contribution < 1.29 is 19.8 Å². The monoisotopic (exact) mass is 544 g/mol. The summed E-state index contributed by atoms with van der Waals surface area (Å²) in [5.74, 6) is -2.03. The Kier molecular flexibility index (Phi) is 13.0. The Morgan fingerprint density at radius 3 is 1.49 bits per heavy atom. The molecule has 1 aromatic carbocycles. The minimum absolute atomic E-state index is 0.101. The summed E-state index contributed by atoms with van der Waals surface area (Å²) in [6, 6.07) is 6.85. The highest BCUT2D eigenvalue weighted by Crippen LogP contribution is 2.56. The van der Waals surface area contributed by atoms with Crippen LogP contribution in [0, 0.1) is 11.8 Å². The average Bonchev–Trinajstić information content (AvgIpc) is 2.83. The smallest absolute Gasteiger partial charge is 0.320 e. The van der Waals surface area contributed by atoms with Gasteiger partial charge in [0, 0.05) is 10.4 Å². The maximum absolute atomic E-state index is 13.1. The molecule has 0 fully saturated rings. The second kappa shape index (κ2) is 14.2. The lowest BCUT2D eigenvalue weighted by Crippen LogP contribution is -2.65. The first-order valence-electron chi connectivity index (χ1n) is 13.0. The van der Waals surface area contributed by atoms with Gasteiger partial charge in [-0.1, -0.05) is 110 Å². The van der Waals surface area contributed by atoms with Crippen LogP contribution in [-0.4, -0.2) is 31.6 Å². The van der Waals surface area contributed by atoms with Gasteiger partial charge < -0.3 is 10.2 Å². The molecule has 0 aliphatic rings. The van der Waals surface area contributed by atoms with Gasteiger partial charge in [0.25, 0.3) is 0 Å². The van der Waals surface area contributed by atoms with E-state index < -0.39 is 26.8 Å². The molecule has 0 aliphatic heterocycles. The van der Waals surface area contributed by atoms with Gasteiger partial charge >= 0.3 is 11.9 Å². The molecule has 4 unspecified atom stereocenters. The van der Waals surface area contributed by atoms with Gasteiger partial charge in [-0.15, -0.1) is 0 Å². The fraction of sp³-hybridized carbons (Fsp3) is 0.714. The number of carboxylic acids is 2. The normalized spacial score (nSPS) is 18.6. The van der Waals surface area contributed by atoms with Gasteiger partial charge in [-0.3, -0.25) is 9.59 Å². The summed E-state index contributed by atoms with van der Waals surface area (Å²) in [5.41, 5.74) is -0.860. The summed E-state index contributed by atoms with van der Waals surface area (Å²) in [4.78, 5) is 26.2. The summed E-state index contributed by atoms with van der Waals surface area (Å²) in [5, 5.41) is 21.9. The molecule has 0 radical (unpaired) electrons. The number of rotatable bonds is 17. The van der Waals surface area contributed by atoms with Crippen LogP contribution in [0.25, 0.3) is 0 Å². The Hall–Kier alpha value is -0.850. The van der Waals surface area contributed by atoms with E-state index in [1.165, 1.54) is 0 Å². The number of unbranched alkanes of at least 4 members (excludes halogenated alkanes) is 2. The minimum atomic E-state index is -1.67. The largest absolute Gasteiger partial charge is 0.480 e. The van der Waals surface area contributed by atoms with Crippen molar-refractivity contribution in [1.82, 2.24) is 0 Å². The molecule has 35 heavy (non-hydrogen) atoms. The number of thiol groups is 2. The second-order valence-electron chi connectivity index (χ2n) is 10.2. The Balaban J connectivity index is 3.86. The molecule has 0 aromatic heterocycles. The van der Waals surface area contributed by atoms with Crippen molar-refractivity contribution in [2.75, 3.05) is 0 Å². The molecule has 0 saturated carbocycles. The average molecular weight is 545 g/mol. The zero-order valence-electron chi connectivity index (χ0n) is 22.0. The summed E-state index contributed by atoms with van der Waals surface area (Å²) in [6.07, 6.45) is 7.85. The van der Waals surface area contributed by atoms with Gasteiger partial charge in [-0.25, -0.2) is 0 Å². The van der Waals surface area contributed by atoms with Crippen molar-refractivity contribution in [1.29, 1.82) is 0 Å². The fourth-order valence-corrected chi connectivity index (χ4v) is 6.71. The molecule has 0 bridgehead atoms. The molecule has 1 aromatic rings. The maximum atomic E-state index is 13.1. The molecule has 0 heterocycles. The highest BCUT2D eigenvalue weighted by molar-refractivity contribution is 7.84. The Morgan fingerprint density at radius 1 is 0.829 bits per heavy atom. The lowest BCUT2D eigenvalue weighted by atomic mass is 9.58. The summed E-state index contributed by atoms with van der Waals surface area (Å²) in [7, 11) is 0. The minimum Gasteiger partial charge on any atom is -0.480 e. The van der Waals surface area contributed by atoms with Crippen molar-refractivity contribution in [3.8, 4) is 0 Å². The Labute approximate surface area is 228 Å². The molecule has 1 rings (SSSR count). The number of halogens is 1. The molecule has 0 aliphatic carbocycles. The first-order chi connectivity index (χ1) is 16.4. The highest BCUT2D eigenvalue weighted by Gasteiger charge is 2.65. The van der Waals surface area contributed by atoms with Crippen LogP contribution in [0.15, 0.2) is 24.3 Å². The highest BCUT2D eigenvalue weighted by atomic mass is 35.5. The Morgan fingerprint density at radius 2 is 1.20 bits per heavy atom. The number of aliphatic carboxylic acids is 2. The summed E-state index contributed by atoms with van der Waals surface area (Å²) < 4.78 is -3.34. The first-order valence-corrected chi connectivity index (χ1v) is 14.3. The molecule has 2 N–H and O–H groups in total. The topological polar surface area (TPSA) is 74.6 Å². The molecule has 4 nitrogen and oxygen atoms in total. The van der Waals surface area contributed by atoms with Crippen LogP contribution in [0.2, 0.25) is 5.02 Å². The van der Waals surface area contributed by atoms with Crippen LogP contribution in [0.4, 0.5) is 0 Å². The lowest BCUT2D eigenvalue weighted by molar-refractivity contribution is -0.148. The zero-order valence-corrected chi connectivity index (χ0v) is 24.6. The predicted molar refractivity (Wildman–Crippen MR) is 153 cm³/mol. The van der Waals surface area contributed by atoms with Crippen LogP contribution in [0.1, 0.15) is 104 Å². The van der Waals surface area contributed by atoms with E-state index in [0.717, 1.165) is 51.4 Å².